The van der Waals surface area contributed by atoms with Crippen molar-refractivity contribution in [3.8, 4) is 0 Å². The van der Waals surface area contributed by atoms with Crippen molar-refractivity contribution < 1.29 is 13.2 Å². The maximum absolute atomic E-state index is 12.3. The second-order valence-corrected chi connectivity index (χ2v) is 7.43. The molecule has 1 saturated heterocycles. The summed E-state index contributed by atoms with van der Waals surface area (Å²) in [6, 6.07) is 0. The summed E-state index contributed by atoms with van der Waals surface area (Å²) >= 11 is 0. The van der Waals surface area contributed by atoms with E-state index in [1.54, 1.807) is 13.1 Å². The van der Waals surface area contributed by atoms with Gasteiger partial charge in [-0.15, -0.1) is 6.58 Å². The minimum Gasteiger partial charge on any atom is -0.378 e. The molecule has 1 fully saturated rings. The Bertz CT molecular complexity index is 468. The molecule has 0 amide bonds. The zero-order chi connectivity index (χ0) is 16.6. The first kappa shape index (κ1) is 18.9. The van der Waals surface area contributed by atoms with Crippen molar-refractivity contribution in [3.05, 3.63) is 12.7 Å². The van der Waals surface area contributed by atoms with E-state index in [2.05, 4.69) is 21.8 Å². The van der Waals surface area contributed by atoms with Gasteiger partial charge in [-0.1, -0.05) is 6.08 Å². The standard InChI is InChI=1S/C14H28N4O3S/c1-5-6-16-14(15-4)17-7-9-18(10-8-17)22(19,20)12-11-21-13(2)3/h5,13H,1,6-12H2,2-4H3,(H,15,16). The summed E-state index contributed by atoms with van der Waals surface area (Å²) in [5, 5.41) is 3.16. The van der Waals surface area contributed by atoms with Gasteiger partial charge in [0.15, 0.2) is 5.96 Å². The Morgan fingerprint density at radius 3 is 2.50 bits per heavy atom. The molecule has 0 saturated carbocycles. The Morgan fingerprint density at radius 1 is 1.36 bits per heavy atom. The summed E-state index contributed by atoms with van der Waals surface area (Å²) in [5.74, 6) is 0.814. The fourth-order valence-electron chi connectivity index (χ4n) is 2.19. The van der Waals surface area contributed by atoms with E-state index in [9.17, 15) is 8.42 Å². The van der Waals surface area contributed by atoms with Crippen molar-refractivity contribution >= 4 is 16.0 Å². The number of nitrogens with one attached hydrogen (secondary N) is 1. The number of aliphatic imine (C=N–C) groups is 1. The summed E-state index contributed by atoms with van der Waals surface area (Å²) in [6.45, 7) is 10.5. The Balaban J connectivity index is 2.48. The predicted molar refractivity (Wildman–Crippen MR) is 89.6 cm³/mol. The zero-order valence-electron chi connectivity index (χ0n) is 13.8. The zero-order valence-corrected chi connectivity index (χ0v) is 14.6. The molecule has 0 aromatic heterocycles. The number of hydrogen-bond donors (Lipinski definition) is 1. The summed E-state index contributed by atoms with van der Waals surface area (Å²) in [7, 11) is -1.53. The molecule has 0 atom stereocenters. The van der Waals surface area contributed by atoms with Crippen LogP contribution in [0.4, 0.5) is 0 Å². The fourth-order valence-corrected chi connectivity index (χ4v) is 3.48. The van der Waals surface area contributed by atoms with Crippen LogP contribution in [0.3, 0.4) is 0 Å². The van der Waals surface area contributed by atoms with E-state index in [-0.39, 0.29) is 18.5 Å². The van der Waals surface area contributed by atoms with Gasteiger partial charge in [-0.2, -0.15) is 4.31 Å². The van der Waals surface area contributed by atoms with Crippen LogP contribution >= 0.6 is 0 Å². The van der Waals surface area contributed by atoms with Gasteiger partial charge in [0.1, 0.15) is 0 Å². The number of piperazine rings is 1. The molecule has 128 valence electrons. The van der Waals surface area contributed by atoms with Crippen LogP contribution in [0, 0.1) is 0 Å². The molecule has 0 aromatic rings. The molecule has 0 radical (unpaired) electrons. The highest BCUT2D eigenvalue weighted by molar-refractivity contribution is 7.89. The smallest absolute Gasteiger partial charge is 0.216 e. The SMILES string of the molecule is C=CCNC(=NC)N1CCN(S(=O)(=O)CCOC(C)C)CC1. The molecule has 0 unspecified atom stereocenters. The average Bonchev–Trinajstić information content (AvgIpc) is 2.48. The van der Waals surface area contributed by atoms with Gasteiger partial charge in [-0.05, 0) is 13.8 Å². The second kappa shape index (κ2) is 9.12. The van der Waals surface area contributed by atoms with E-state index in [0.717, 1.165) is 5.96 Å². The molecular weight excluding hydrogens is 304 g/mol. The minimum atomic E-state index is -3.25. The highest BCUT2D eigenvalue weighted by Crippen LogP contribution is 2.09. The molecule has 8 heteroatoms. The summed E-state index contributed by atoms with van der Waals surface area (Å²) < 4.78 is 31.4. The van der Waals surface area contributed by atoms with Crippen LogP contribution in [0.2, 0.25) is 0 Å². The van der Waals surface area contributed by atoms with Crippen molar-refractivity contribution in [2.75, 3.05) is 52.1 Å². The van der Waals surface area contributed by atoms with Gasteiger partial charge in [0.25, 0.3) is 0 Å². The van der Waals surface area contributed by atoms with Gasteiger partial charge in [0.05, 0.1) is 18.5 Å². The Morgan fingerprint density at radius 2 is 2.00 bits per heavy atom. The molecule has 1 aliphatic heterocycles. The van der Waals surface area contributed by atoms with Crippen LogP contribution in [-0.4, -0.2) is 81.8 Å². The quantitative estimate of drug-likeness (QED) is 0.407. The normalized spacial score (nSPS) is 17.8. The average molecular weight is 332 g/mol. The fraction of sp³-hybridized carbons (Fsp3) is 0.786. The molecule has 1 heterocycles. The number of hydrogen-bond acceptors (Lipinski definition) is 4. The summed E-state index contributed by atoms with van der Waals surface area (Å²) in [4.78, 5) is 6.26. The number of rotatable bonds is 7. The molecule has 0 aromatic carbocycles. The molecular formula is C14H28N4O3S. The Labute approximate surface area is 134 Å². The maximum atomic E-state index is 12.3. The number of guanidine groups is 1. The molecule has 1 rings (SSSR count). The molecule has 0 spiro atoms. The summed E-state index contributed by atoms with van der Waals surface area (Å²) in [6.07, 6.45) is 1.81. The van der Waals surface area contributed by atoms with E-state index in [0.29, 0.717) is 32.7 Å². The van der Waals surface area contributed by atoms with Gasteiger partial charge in [0.2, 0.25) is 10.0 Å². The lowest BCUT2D eigenvalue weighted by Gasteiger charge is -2.35. The van der Waals surface area contributed by atoms with Crippen molar-refractivity contribution in [1.29, 1.82) is 0 Å². The van der Waals surface area contributed by atoms with Crippen LogP contribution in [0.5, 0.6) is 0 Å². The van der Waals surface area contributed by atoms with E-state index in [4.69, 9.17) is 4.74 Å². The lowest BCUT2D eigenvalue weighted by molar-refractivity contribution is 0.0904. The first-order chi connectivity index (χ1) is 10.4. The van der Waals surface area contributed by atoms with Gasteiger partial charge in [0, 0.05) is 39.8 Å². The molecule has 0 aliphatic carbocycles. The topological polar surface area (TPSA) is 74.2 Å². The molecule has 0 bridgehead atoms. The molecule has 7 nitrogen and oxygen atoms in total. The summed E-state index contributed by atoms with van der Waals surface area (Å²) in [5.41, 5.74) is 0. The lowest BCUT2D eigenvalue weighted by Crippen LogP contribution is -2.54. The Hall–Kier alpha value is -1.12. The van der Waals surface area contributed by atoms with Crippen LogP contribution in [0.15, 0.2) is 17.6 Å². The third-order valence-electron chi connectivity index (χ3n) is 3.34. The van der Waals surface area contributed by atoms with Crippen molar-refractivity contribution in [3.63, 3.8) is 0 Å². The van der Waals surface area contributed by atoms with E-state index >= 15 is 0 Å². The van der Waals surface area contributed by atoms with Crippen LogP contribution in [0.25, 0.3) is 0 Å². The van der Waals surface area contributed by atoms with Crippen molar-refractivity contribution in [2.24, 2.45) is 4.99 Å². The van der Waals surface area contributed by atoms with Crippen LogP contribution < -0.4 is 5.32 Å². The third kappa shape index (κ3) is 5.94. The largest absolute Gasteiger partial charge is 0.378 e. The molecule has 1 N–H and O–H groups in total. The van der Waals surface area contributed by atoms with Crippen LogP contribution in [-0.2, 0) is 14.8 Å². The third-order valence-corrected chi connectivity index (χ3v) is 5.17. The molecule has 22 heavy (non-hydrogen) atoms. The highest BCUT2D eigenvalue weighted by atomic mass is 32.2. The van der Waals surface area contributed by atoms with Gasteiger partial charge < -0.3 is 15.0 Å². The molecule has 1 aliphatic rings. The van der Waals surface area contributed by atoms with Crippen molar-refractivity contribution in [2.45, 2.75) is 20.0 Å². The van der Waals surface area contributed by atoms with E-state index in [1.807, 2.05) is 13.8 Å². The van der Waals surface area contributed by atoms with Gasteiger partial charge in [-0.25, -0.2) is 8.42 Å². The first-order valence-electron chi connectivity index (χ1n) is 7.56. The minimum absolute atomic E-state index is 0.0363. The number of sulfonamides is 1. The lowest BCUT2D eigenvalue weighted by atomic mass is 10.4. The number of nitrogens with zero attached hydrogens (tertiary/aromatic N) is 3. The maximum Gasteiger partial charge on any atom is 0.216 e. The monoisotopic (exact) mass is 332 g/mol. The Kier molecular flexibility index (Phi) is 7.84. The van der Waals surface area contributed by atoms with Gasteiger partial charge >= 0.3 is 0 Å². The predicted octanol–water partition coefficient (Wildman–Crippen LogP) is 0.120. The second-order valence-electron chi connectivity index (χ2n) is 5.34. The number of ether oxygens (including phenoxy) is 1. The van der Waals surface area contributed by atoms with E-state index in [1.165, 1.54) is 4.31 Å². The van der Waals surface area contributed by atoms with Gasteiger partial charge in [-0.3, -0.25) is 4.99 Å². The van der Waals surface area contributed by atoms with Crippen molar-refractivity contribution in [1.82, 2.24) is 14.5 Å². The van der Waals surface area contributed by atoms with Crippen LogP contribution in [0.1, 0.15) is 13.8 Å². The van der Waals surface area contributed by atoms with E-state index < -0.39 is 10.0 Å². The highest BCUT2D eigenvalue weighted by Gasteiger charge is 2.27. The first-order valence-corrected chi connectivity index (χ1v) is 9.17.